The first-order valence-electron chi connectivity index (χ1n) is 25.7. The molecular formula is C55H56N12O9S2. The van der Waals surface area contributed by atoms with Gasteiger partial charge in [-0.25, -0.2) is 46.7 Å². The number of pyridine rings is 2. The number of H-pyrrole nitrogens is 2. The summed E-state index contributed by atoms with van der Waals surface area (Å²) in [5, 5.41) is 6.75. The molecule has 6 fully saturated rings. The van der Waals surface area contributed by atoms with Gasteiger partial charge in [-0.05, 0) is 42.0 Å². The highest BCUT2D eigenvalue weighted by Gasteiger charge is 2.55. The highest BCUT2D eigenvalue weighted by Crippen LogP contribution is 2.43. The van der Waals surface area contributed by atoms with E-state index in [1.54, 1.807) is 6.07 Å². The van der Waals surface area contributed by atoms with Gasteiger partial charge >= 0.3 is 0 Å². The molecule has 6 saturated heterocycles. The van der Waals surface area contributed by atoms with Crippen LogP contribution in [-0.4, -0.2) is 170 Å². The molecule has 14 heterocycles. The number of furan rings is 2. The average Bonchev–Trinajstić information content (AvgIpc) is 4.28. The van der Waals surface area contributed by atoms with Crippen molar-refractivity contribution in [2.75, 3.05) is 112 Å². The lowest BCUT2D eigenvalue weighted by atomic mass is 9.82. The molecular weight excluding hydrogens is 1040 g/mol. The van der Waals surface area contributed by atoms with Crippen LogP contribution in [0.3, 0.4) is 0 Å². The first kappa shape index (κ1) is 50.1. The van der Waals surface area contributed by atoms with Gasteiger partial charge in [0.05, 0.1) is 60.2 Å². The van der Waals surface area contributed by atoms with E-state index in [1.165, 1.54) is 6.20 Å². The van der Waals surface area contributed by atoms with E-state index >= 15 is 0 Å². The Labute approximate surface area is 447 Å². The summed E-state index contributed by atoms with van der Waals surface area (Å²) in [6, 6.07) is 20.1. The highest BCUT2D eigenvalue weighted by molar-refractivity contribution is 7.93. The Kier molecular flexibility index (Phi) is 12.3. The summed E-state index contributed by atoms with van der Waals surface area (Å²) in [7, 11) is -5.41. The molecule has 6 aliphatic rings. The summed E-state index contributed by atoms with van der Waals surface area (Å²) in [5.41, 5.74) is 9.21. The van der Waals surface area contributed by atoms with Crippen LogP contribution < -0.4 is 15.1 Å². The largest absolute Gasteiger partial charge is 0.432 e. The predicted octanol–water partition coefficient (Wildman–Crippen LogP) is 6.20. The number of hydrogen-bond acceptors (Lipinski definition) is 19. The molecule has 23 heteroatoms. The number of aldehydes is 1. The Balaban J connectivity index is 0.000000129. The van der Waals surface area contributed by atoms with Gasteiger partial charge in [-0.3, -0.25) is 9.69 Å². The quantitative estimate of drug-likeness (QED) is 0.150. The lowest BCUT2D eigenvalue weighted by Crippen LogP contribution is -2.67. The van der Waals surface area contributed by atoms with Crippen LogP contribution in [0.15, 0.2) is 94.3 Å². The van der Waals surface area contributed by atoms with Gasteiger partial charge in [0.1, 0.15) is 11.0 Å². The number of aromatic amines is 2. The first-order valence-corrected chi connectivity index (χ1v) is 29.3. The molecule has 0 saturated carbocycles. The number of anilines is 2. The van der Waals surface area contributed by atoms with Crippen molar-refractivity contribution in [1.82, 2.24) is 50.1 Å². The standard InChI is InChI=1S/C27H26N6O4S.C22H17N5O3.C5H9NO2S.CH4/c34-38(35)15-27(16-38)13-32(14-27)12-17-10-20-22-23(37-26(20)29-11-17)25(33-6-8-36-9-7-33)31-24(30-22)19-2-1-3-21-18(19)4-5-28-21;28-12-13-10-16-18-19(30-22(16)24-11-13)21(27-6-8-29-9-7-27)26-20(25-18)15-2-1-3-17-14(15)4-5-23-17;7-9(8)3-5(4-9)1-6-2-5;/h1-5,10-11,28H,6-9,12-16H2;1-5,10-12,23H,6-9H2;6H,1-4H2;1H4. The lowest BCUT2D eigenvalue weighted by Gasteiger charge is -2.54. The van der Waals surface area contributed by atoms with Crippen LogP contribution in [0.2, 0.25) is 0 Å². The van der Waals surface area contributed by atoms with Crippen molar-refractivity contribution in [3.63, 3.8) is 0 Å². The van der Waals surface area contributed by atoms with Gasteiger partial charge in [-0.2, -0.15) is 0 Å². The van der Waals surface area contributed by atoms with Gasteiger partial charge in [0, 0.05) is 133 Å². The number of benzene rings is 2. The lowest BCUT2D eigenvalue weighted by molar-refractivity contribution is 0.0180. The third-order valence-electron chi connectivity index (χ3n) is 15.4. The molecule has 16 rings (SSSR count). The molecule has 0 amide bonds. The summed E-state index contributed by atoms with van der Waals surface area (Å²) in [6.45, 7) is 9.55. The second kappa shape index (κ2) is 19.2. The number of likely N-dealkylation sites (tertiary alicyclic amines) is 1. The number of sulfone groups is 2. The topological polar surface area (TPSA) is 261 Å². The van der Waals surface area contributed by atoms with Gasteiger partial charge in [0.2, 0.25) is 11.4 Å². The average molecular weight is 1090 g/mol. The van der Waals surface area contributed by atoms with Crippen molar-refractivity contribution < 1.29 is 39.9 Å². The predicted molar refractivity (Wildman–Crippen MR) is 297 cm³/mol. The van der Waals surface area contributed by atoms with E-state index in [1.807, 2.05) is 67.1 Å². The Morgan fingerprint density at radius 1 is 0.603 bits per heavy atom. The summed E-state index contributed by atoms with van der Waals surface area (Å²) in [6.07, 6.45) is 7.95. The minimum Gasteiger partial charge on any atom is -0.432 e. The third kappa shape index (κ3) is 9.00. The van der Waals surface area contributed by atoms with Crippen LogP contribution in [0, 0.1) is 10.8 Å². The number of ether oxygens (including phenoxy) is 2. The molecule has 0 radical (unpaired) electrons. The van der Waals surface area contributed by atoms with Gasteiger partial charge in [0.15, 0.2) is 60.4 Å². The van der Waals surface area contributed by atoms with Crippen LogP contribution in [0.25, 0.3) is 89.0 Å². The normalized spacial score (nSPS) is 19.8. The Bertz CT molecular complexity index is 4180. The van der Waals surface area contributed by atoms with E-state index in [-0.39, 0.29) is 18.3 Å². The van der Waals surface area contributed by atoms with Gasteiger partial charge in [-0.15, -0.1) is 0 Å². The van der Waals surface area contributed by atoms with Gasteiger partial charge in [0.25, 0.3) is 0 Å². The van der Waals surface area contributed by atoms with Crippen LogP contribution >= 0.6 is 0 Å². The van der Waals surface area contributed by atoms with Crippen molar-refractivity contribution in [2.45, 2.75) is 14.0 Å². The Hall–Kier alpha value is -7.41. The van der Waals surface area contributed by atoms with Crippen LogP contribution in [0.1, 0.15) is 23.3 Å². The number of hydrogen-bond donors (Lipinski definition) is 3. The number of aromatic nitrogens is 8. The van der Waals surface area contributed by atoms with E-state index < -0.39 is 19.7 Å². The van der Waals surface area contributed by atoms with E-state index in [4.69, 9.17) is 38.2 Å². The van der Waals surface area contributed by atoms with E-state index in [2.05, 4.69) is 46.0 Å². The maximum Gasteiger partial charge on any atom is 0.229 e. The molecule has 8 aromatic heterocycles. The van der Waals surface area contributed by atoms with Crippen molar-refractivity contribution in [2.24, 2.45) is 10.8 Å². The van der Waals surface area contributed by atoms with Crippen molar-refractivity contribution in [3.8, 4) is 22.8 Å². The number of fused-ring (bicyclic) bond motifs is 8. The SMILES string of the molecule is C.O=Cc1cnc2oc3c(N4CCOCC4)nc(-c4cccc5[nH]ccc45)nc3c2c1.O=S1(=O)CC2(CN(Cc3cnc4oc5c(N6CCOCC6)nc(-c6cccc7[nH]ccc67)nc5c4c3)C2)C1.O=S1(=O)CC2(CNC2)C1. The van der Waals surface area contributed by atoms with Crippen LogP contribution in [0.4, 0.5) is 11.6 Å². The molecule has 10 aromatic rings. The molecule has 0 bridgehead atoms. The van der Waals surface area contributed by atoms with Crippen molar-refractivity contribution in [1.29, 1.82) is 0 Å². The van der Waals surface area contributed by atoms with E-state index in [0.717, 1.165) is 107 Å². The molecule has 0 atom stereocenters. The fourth-order valence-corrected chi connectivity index (χ4v) is 16.3. The molecule has 2 spiro atoms. The second-order valence-corrected chi connectivity index (χ2v) is 25.4. The van der Waals surface area contributed by atoms with Crippen LogP contribution in [-0.2, 0) is 35.7 Å². The molecule has 3 N–H and O–H groups in total. The second-order valence-electron chi connectivity index (χ2n) is 21.2. The maximum atomic E-state index is 11.7. The van der Waals surface area contributed by atoms with Gasteiger partial charge in [-0.1, -0.05) is 31.7 Å². The minimum atomic E-state index is -2.82. The molecule has 78 heavy (non-hydrogen) atoms. The summed E-state index contributed by atoms with van der Waals surface area (Å²) >= 11 is 0. The molecule has 0 aliphatic carbocycles. The number of rotatable bonds is 7. The molecule has 2 aromatic carbocycles. The zero-order valence-electron chi connectivity index (χ0n) is 41.7. The van der Waals surface area contributed by atoms with Crippen LogP contribution in [0.5, 0.6) is 0 Å². The van der Waals surface area contributed by atoms with E-state index in [9.17, 15) is 21.6 Å². The number of nitrogens with one attached hydrogen (secondary N) is 3. The smallest absolute Gasteiger partial charge is 0.229 e. The number of carbonyl (C=O) groups excluding carboxylic acids is 1. The number of nitrogens with zero attached hydrogens (tertiary/aromatic N) is 9. The van der Waals surface area contributed by atoms with E-state index in [0.29, 0.717) is 120 Å². The van der Waals surface area contributed by atoms with Crippen molar-refractivity contribution >= 4 is 104 Å². The number of morpholine rings is 2. The minimum absolute atomic E-state index is 0. The summed E-state index contributed by atoms with van der Waals surface area (Å²) in [5.74, 6) is 4.21. The monoisotopic (exact) mass is 1090 g/mol. The van der Waals surface area contributed by atoms with Crippen molar-refractivity contribution in [3.05, 3.63) is 96.6 Å². The first-order chi connectivity index (χ1) is 37.4. The molecule has 6 aliphatic heterocycles. The van der Waals surface area contributed by atoms with Gasteiger partial charge < -0.3 is 43.4 Å². The highest BCUT2D eigenvalue weighted by atomic mass is 32.2. The fraction of sp³-hybridized carbons (Fsp3) is 0.364. The molecule has 0 unspecified atom stereocenters. The number of carbonyl (C=O) groups is 1. The Morgan fingerprint density at radius 2 is 1.10 bits per heavy atom. The molecule has 21 nitrogen and oxygen atoms in total. The third-order valence-corrected chi connectivity index (χ3v) is 19.6. The fourth-order valence-electron chi connectivity index (χ4n) is 11.9. The summed E-state index contributed by atoms with van der Waals surface area (Å²) in [4.78, 5) is 53.2. The zero-order valence-corrected chi connectivity index (χ0v) is 43.3. The summed E-state index contributed by atoms with van der Waals surface area (Å²) < 4.78 is 68.1. The Morgan fingerprint density at radius 3 is 1.58 bits per heavy atom. The maximum absolute atomic E-state index is 11.7. The zero-order chi connectivity index (χ0) is 52.1. The molecule has 402 valence electrons.